The van der Waals surface area contributed by atoms with E-state index >= 15 is 0 Å². The minimum absolute atomic E-state index is 0.0782. The van der Waals surface area contributed by atoms with Crippen LogP contribution in [0.5, 0.6) is 0 Å². The molecule has 0 aromatic rings. The quantitative estimate of drug-likeness (QED) is 0.359. The highest BCUT2D eigenvalue weighted by Gasteiger charge is 2.15. The largest absolute Gasteiger partial charge is 0.300 e. The molecule has 0 aromatic heterocycles. The summed E-state index contributed by atoms with van der Waals surface area (Å²) in [7, 11) is 0. The first-order valence-corrected chi connectivity index (χ1v) is 6.39. The van der Waals surface area contributed by atoms with Crippen LogP contribution >= 0.6 is 0 Å². The lowest BCUT2D eigenvalue weighted by Crippen LogP contribution is -2.40. The second-order valence-corrected chi connectivity index (χ2v) is 4.36. The topological polar surface area (TPSA) is 58.4 Å². The zero-order valence-corrected chi connectivity index (χ0v) is 11.0. The van der Waals surface area contributed by atoms with Crippen molar-refractivity contribution in [1.82, 2.24) is 10.3 Å². The molecule has 0 rings (SSSR count). The van der Waals surface area contributed by atoms with Gasteiger partial charge in [0, 0.05) is 12.5 Å². The van der Waals surface area contributed by atoms with E-state index < -0.39 is 0 Å². The molecule has 1 atom stereocenters. The van der Waals surface area contributed by atoms with E-state index in [1.807, 2.05) is 0 Å². The van der Waals surface area contributed by atoms with Crippen LogP contribution in [0.3, 0.4) is 0 Å². The number of carbonyl (C=O) groups excluding carboxylic acids is 1. The van der Waals surface area contributed by atoms with E-state index in [2.05, 4.69) is 31.1 Å². The van der Waals surface area contributed by atoms with Gasteiger partial charge in [0.1, 0.15) is 0 Å². The van der Waals surface area contributed by atoms with Crippen LogP contribution < -0.4 is 11.3 Å². The first kappa shape index (κ1) is 15.4. The number of rotatable bonds is 9. The fourth-order valence-corrected chi connectivity index (χ4v) is 1.73. The number of hydrogen-bond donors (Lipinski definition) is 2. The van der Waals surface area contributed by atoms with Crippen molar-refractivity contribution in [3.63, 3.8) is 0 Å². The normalized spacial score (nSPS) is 12.8. The number of amides is 1. The van der Waals surface area contributed by atoms with E-state index in [1.165, 1.54) is 25.7 Å². The van der Waals surface area contributed by atoms with Crippen LogP contribution in [0.4, 0.5) is 0 Å². The van der Waals surface area contributed by atoms with E-state index in [9.17, 15) is 4.79 Å². The highest BCUT2D eigenvalue weighted by atomic mass is 16.2. The van der Waals surface area contributed by atoms with Crippen molar-refractivity contribution >= 4 is 5.91 Å². The van der Waals surface area contributed by atoms with Gasteiger partial charge in [-0.25, -0.2) is 5.84 Å². The zero-order valence-electron chi connectivity index (χ0n) is 11.0. The van der Waals surface area contributed by atoms with E-state index in [4.69, 9.17) is 5.84 Å². The summed E-state index contributed by atoms with van der Waals surface area (Å²) in [4.78, 5) is 13.6. The lowest BCUT2D eigenvalue weighted by atomic mass is 10.1. The number of nitrogens with two attached hydrogens (primary N) is 1. The second-order valence-electron chi connectivity index (χ2n) is 4.36. The highest BCUT2D eigenvalue weighted by molar-refractivity contribution is 5.75. The molecule has 0 aliphatic carbocycles. The maximum Gasteiger partial charge on any atom is 0.235 e. The van der Waals surface area contributed by atoms with Crippen molar-refractivity contribution < 1.29 is 4.79 Å². The zero-order chi connectivity index (χ0) is 12.4. The van der Waals surface area contributed by atoms with Crippen LogP contribution in [-0.2, 0) is 4.79 Å². The molecule has 0 spiro atoms. The third-order valence-corrected chi connectivity index (χ3v) is 2.86. The van der Waals surface area contributed by atoms with E-state index in [0.717, 1.165) is 13.1 Å². The fourth-order valence-electron chi connectivity index (χ4n) is 1.73. The molecule has 0 radical (unpaired) electrons. The Morgan fingerprint density at radius 1 is 1.25 bits per heavy atom. The summed E-state index contributed by atoms with van der Waals surface area (Å²) in [6.07, 6.45) is 5.26. The Labute approximate surface area is 99.5 Å². The summed E-state index contributed by atoms with van der Waals surface area (Å²) in [5, 5.41) is 0. The van der Waals surface area contributed by atoms with Gasteiger partial charge in [0.05, 0.1) is 0 Å². The Balaban J connectivity index is 4.07. The van der Waals surface area contributed by atoms with Gasteiger partial charge in [-0.15, -0.1) is 0 Å². The smallest absolute Gasteiger partial charge is 0.235 e. The van der Waals surface area contributed by atoms with Crippen molar-refractivity contribution in [3.8, 4) is 0 Å². The van der Waals surface area contributed by atoms with E-state index in [1.54, 1.807) is 0 Å². The predicted octanol–water partition coefficient (Wildman–Crippen LogP) is 1.66. The van der Waals surface area contributed by atoms with Crippen molar-refractivity contribution in [2.75, 3.05) is 13.1 Å². The average Bonchev–Trinajstić information content (AvgIpc) is 2.28. The summed E-state index contributed by atoms with van der Waals surface area (Å²) in [6.45, 7) is 8.64. The number of hydrazine groups is 1. The molecular formula is C12H27N3O. The lowest BCUT2D eigenvalue weighted by molar-refractivity contribution is -0.122. The Kier molecular flexibility index (Phi) is 9.24. The summed E-state index contributed by atoms with van der Waals surface area (Å²) in [6, 6.07) is 0.279. The van der Waals surface area contributed by atoms with Crippen LogP contribution in [0.2, 0.25) is 0 Å². The van der Waals surface area contributed by atoms with Crippen LogP contribution in [-0.4, -0.2) is 29.9 Å². The number of carbonyl (C=O) groups is 1. The monoisotopic (exact) mass is 229 g/mol. The first-order chi connectivity index (χ1) is 7.65. The molecule has 0 saturated heterocycles. The summed E-state index contributed by atoms with van der Waals surface area (Å²) in [5.74, 6) is 5.02. The van der Waals surface area contributed by atoms with Gasteiger partial charge in [0.15, 0.2) is 0 Å². The SMILES string of the molecule is CCCCN(CCCC)C(C)CC(=O)NN. The fraction of sp³-hybridized carbons (Fsp3) is 0.917. The van der Waals surface area contributed by atoms with Gasteiger partial charge in [-0.3, -0.25) is 10.2 Å². The molecule has 4 heteroatoms. The Hall–Kier alpha value is -0.610. The molecular weight excluding hydrogens is 202 g/mol. The number of hydrogen-bond acceptors (Lipinski definition) is 3. The van der Waals surface area contributed by atoms with Gasteiger partial charge in [0.2, 0.25) is 5.91 Å². The Morgan fingerprint density at radius 3 is 2.12 bits per heavy atom. The van der Waals surface area contributed by atoms with Crippen LogP contribution in [0, 0.1) is 0 Å². The molecule has 0 aliphatic heterocycles. The molecule has 0 fully saturated rings. The van der Waals surface area contributed by atoms with Gasteiger partial charge in [-0.1, -0.05) is 26.7 Å². The molecule has 96 valence electrons. The summed E-state index contributed by atoms with van der Waals surface area (Å²) < 4.78 is 0. The Morgan fingerprint density at radius 2 is 1.75 bits per heavy atom. The Bertz CT molecular complexity index is 177. The molecule has 3 N–H and O–H groups in total. The summed E-state index contributed by atoms with van der Waals surface area (Å²) in [5.41, 5.74) is 2.20. The molecule has 0 saturated carbocycles. The van der Waals surface area contributed by atoms with Gasteiger partial charge >= 0.3 is 0 Å². The molecule has 1 unspecified atom stereocenters. The summed E-state index contributed by atoms with van der Waals surface area (Å²) >= 11 is 0. The van der Waals surface area contributed by atoms with E-state index in [-0.39, 0.29) is 11.9 Å². The first-order valence-electron chi connectivity index (χ1n) is 6.39. The van der Waals surface area contributed by atoms with Crippen molar-refractivity contribution in [1.29, 1.82) is 0 Å². The van der Waals surface area contributed by atoms with E-state index in [0.29, 0.717) is 6.42 Å². The van der Waals surface area contributed by atoms with Crippen molar-refractivity contribution in [2.24, 2.45) is 5.84 Å². The maximum absolute atomic E-state index is 11.2. The average molecular weight is 229 g/mol. The molecule has 0 aliphatic rings. The van der Waals surface area contributed by atoms with Gasteiger partial charge < -0.3 is 4.90 Å². The standard InChI is InChI=1S/C12H27N3O/c1-4-6-8-15(9-7-5-2)11(3)10-12(16)14-13/h11H,4-10,13H2,1-3H3,(H,14,16). The predicted molar refractivity (Wildman–Crippen MR) is 67.8 cm³/mol. The minimum Gasteiger partial charge on any atom is -0.300 e. The molecule has 16 heavy (non-hydrogen) atoms. The molecule has 0 heterocycles. The second kappa shape index (κ2) is 9.60. The van der Waals surface area contributed by atoms with Crippen molar-refractivity contribution in [3.05, 3.63) is 0 Å². The van der Waals surface area contributed by atoms with Gasteiger partial charge in [-0.2, -0.15) is 0 Å². The molecule has 4 nitrogen and oxygen atoms in total. The third-order valence-electron chi connectivity index (χ3n) is 2.86. The molecule has 1 amide bonds. The maximum atomic E-state index is 11.2. The van der Waals surface area contributed by atoms with Crippen LogP contribution in [0.25, 0.3) is 0 Å². The van der Waals surface area contributed by atoms with Crippen molar-refractivity contribution in [2.45, 2.75) is 58.9 Å². The van der Waals surface area contributed by atoms with Gasteiger partial charge in [-0.05, 0) is 32.9 Å². The van der Waals surface area contributed by atoms with Crippen LogP contribution in [0.1, 0.15) is 52.9 Å². The molecule has 0 aromatic carbocycles. The van der Waals surface area contributed by atoms with Crippen LogP contribution in [0.15, 0.2) is 0 Å². The molecule has 0 bridgehead atoms. The van der Waals surface area contributed by atoms with Gasteiger partial charge in [0.25, 0.3) is 0 Å². The lowest BCUT2D eigenvalue weighted by Gasteiger charge is -2.28. The number of nitrogens with zero attached hydrogens (tertiary/aromatic N) is 1. The highest BCUT2D eigenvalue weighted by Crippen LogP contribution is 2.07. The number of nitrogens with one attached hydrogen (secondary N) is 1. The third kappa shape index (κ3) is 6.80. The minimum atomic E-state index is -0.0782. The number of unbranched alkanes of at least 4 members (excludes halogenated alkanes) is 2.